The zero-order valence-electron chi connectivity index (χ0n) is 16.7. The third-order valence-corrected chi connectivity index (χ3v) is 5.85. The summed E-state index contributed by atoms with van der Waals surface area (Å²) in [4.78, 5) is 33.9. The Morgan fingerprint density at radius 3 is 2.52 bits per heavy atom. The van der Waals surface area contributed by atoms with Crippen LogP contribution in [0.25, 0.3) is 5.57 Å². The van der Waals surface area contributed by atoms with Gasteiger partial charge in [0, 0.05) is 57.1 Å². The van der Waals surface area contributed by atoms with Crippen LogP contribution in [0.1, 0.15) is 36.8 Å². The number of nitrogens with zero attached hydrogens (tertiary/aromatic N) is 3. The predicted molar refractivity (Wildman–Crippen MR) is 113 cm³/mol. The van der Waals surface area contributed by atoms with Crippen LogP contribution in [0.4, 0.5) is 0 Å². The highest BCUT2D eigenvalue weighted by Crippen LogP contribution is 2.33. The molecule has 0 unspecified atom stereocenters. The molecule has 4 rings (SSSR count). The van der Waals surface area contributed by atoms with E-state index in [0.717, 1.165) is 55.7 Å². The van der Waals surface area contributed by atoms with Gasteiger partial charge in [0.1, 0.15) is 0 Å². The van der Waals surface area contributed by atoms with E-state index in [-0.39, 0.29) is 18.1 Å². The van der Waals surface area contributed by atoms with Gasteiger partial charge in [0.05, 0.1) is 6.42 Å². The van der Waals surface area contributed by atoms with Gasteiger partial charge in [0.15, 0.2) is 5.78 Å². The lowest BCUT2D eigenvalue weighted by molar-refractivity contribution is -0.131. The fourth-order valence-electron chi connectivity index (χ4n) is 4.26. The van der Waals surface area contributed by atoms with Crippen molar-refractivity contribution in [3.8, 4) is 0 Å². The molecule has 0 spiro atoms. The minimum atomic E-state index is 0.0782. The van der Waals surface area contributed by atoms with Gasteiger partial charge in [0.2, 0.25) is 5.91 Å². The number of amides is 1. The monoisotopic (exact) mass is 389 g/mol. The van der Waals surface area contributed by atoms with E-state index in [1.54, 1.807) is 0 Å². The van der Waals surface area contributed by atoms with Crippen molar-refractivity contribution in [2.45, 2.75) is 32.2 Å². The lowest BCUT2D eigenvalue weighted by Crippen LogP contribution is -2.35. The molecular formula is C24H27N3O2. The van der Waals surface area contributed by atoms with Crippen molar-refractivity contribution < 1.29 is 9.59 Å². The summed E-state index contributed by atoms with van der Waals surface area (Å²) in [5, 5.41) is 0. The highest BCUT2D eigenvalue weighted by Gasteiger charge is 2.28. The first kappa shape index (κ1) is 19.5. The van der Waals surface area contributed by atoms with Crippen molar-refractivity contribution >= 4 is 17.3 Å². The van der Waals surface area contributed by atoms with E-state index < -0.39 is 0 Å². The van der Waals surface area contributed by atoms with Crippen molar-refractivity contribution in [1.29, 1.82) is 0 Å². The first-order chi connectivity index (χ1) is 14.2. The molecular weight excluding hydrogens is 362 g/mol. The SMILES string of the molecule is O=C1CCC(c2ccccc2)=C1CC(=O)N1CCCN(Cc2ccncc2)CC1. The largest absolute Gasteiger partial charge is 0.341 e. The van der Waals surface area contributed by atoms with Gasteiger partial charge in [-0.2, -0.15) is 0 Å². The molecule has 5 nitrogen and oxygen atoms in total. The van der Waals surface area contributed by atoms with Gasteiger partial charge in [0.25, 0.3) is 0 Å². The number of ketones is 1. The Morgan fingerprint density at radius 2 is 1.72 bits per heavy atom. The summed E-state index contributed by atoms with van der Waals surface area (Å²) in [6.07, 6.45) is 6.08. The lowest BCUT2D eigenvalue weighted by Gasteiger charge is -2.22. The second kappa shape index (κ2) is 9.14. The van der Waals surface area contributed by atoms with Gasteiger partial charge in [-0.05, 0) is 41.7 Å². The third kappa shape index (κ3) is 4.80. The van der Waals surface area contributed by atoms with E-state index in [2.05, 4.69) is 9.88 Å². The zero-order valence-corrected chi connectivity index (χ0v) is 16.7. The van der Waals surface area contributed by atoms with Gasteiger partial charge in [-0.1, -0.05) is 30.3 Å². The van der Waals surface area contributed by atoms with Crippen LogP contribution < -0.4 is 0 Å². The van der Waals surface area contributed by atoms with E-state index in [1.807, 2.05) is 59.8 Å². The van der Waals surface area contributed by atoms with Crippen molar-refractivity contribution in [3.63, 3.8) is 0 Å². The molecule has 2 heterocycles. The maximum Gasteiger partial charge on any atom is 0.227 e. The van der Waals surface area contributed by atoms with Crippen molar-refractivity contribution in [3.05, 3.63) is 71.6 Å². The van der Waals surface area contributed by atoms with Crippen LogP contribution in [0.2, 0.25) is 0 Å². The minimum absolute atomic E-state index is 0.0782. The molecule has 5 heteroatoms. The molecule has 1 aromatic carbocycles. The number of hydrogen-bond donors (Lipinski definition) is 0. The van der Waals surface area contributed by atoms with Crippen molar-refractivity contribution in [2.75, 3.05) is 26.2 Å². The van der Waals surface area contributed by atoms with Crippen LogP contribution in [0.15, 0.2) is 60.4 Å². The van der Waals surface area contributed by atoms with Crippen LogP contribution in [-0.4, -0.2) is 52.7 Å². The predicted octanol–water partition coefficient (Wildman–Crippen LogP) is 3.32. The summed E-state index contributed by atoms with van der Waals surface area (Å²) in [6, 6.07) is 14.1. The number of carbonyl (C=O) groups excluding carboxylic acids is 2. The maximum absolute atomic E-state index is 13.0. The summed E-state index contributed by atoms with van der Waals surface area (Å²) < 4.78 is 0. The van der Waals surface area contributed by atoms with E-state index >= 15 is 0 Å². The number of allylic oxidation sites excluding steroid dienone is 1. The molecule has 1 aromatic heterocycles. The first-order valence-corrected chi connectivity index (χ1v) is 10.4. The fourth-order valence-corrected chi connectivity index (χ4v) is 4.26. The quantitative estimate of drug-likeness (QED) is 0.787. The number of carbonyl (C=O) groups is 2. The molecule has 0 radical (unpaired) electrons. The molecule has 29 heavy (non-hydrogen) atoms. The van der Waals surface area contributed by atoms with Crippen LogP contribution in [-0.2, 0) is 16.1 Å². The lowest BCUT2D eigenvalue weighted by atomic mass is 9.99. The summed E-state index contributed by atoms with van der Waals surface area (Å²) in [5.74, 6) is 0.209. The number of rotatable bonds is 5. The van der Waals surface area contributed by atoms with Crippen molar-refractivity contribution in [1.82, 2.24) is 14.8 Å². The topological polar surface area (TPSA) is 53.5 Å². The number of benzene rings is 1. The van der Waals surface area contributed by atoms with E-state index in [1.165, 1.54) is 5.56 Å². The van der Waals surface area contributed by atoms with Gasteiger partial charge in [-0.3, -0.25) is 19.5 Å². The van der Waals surface area contributed by atoms with Gasteiger partial charge < -0.3 is 4.90 Å². The molecule has 1 aliphatic heterocycles. The normalized spacial score (nSPS) is 18.2. The Balaban J connectivity index is 1.40. The van der Waals surface area contributed by atoms with Gasteiger partial charge in [-0.15, -0.1) is 0 Å². The Kier molecular flexibility index (Phi) is 6.15. The van der Waals surface area contributed by atoms with E-state index in [4.69, 9.17) is 0 Å². The highest BCUT2D eigenvalue weighted by atomic mass is 16.2. The van der Waals surface area contributed by atoms with Crippen LogP contribution in [0.5, 0.6) is 0 Å². The third-order valence-electron chi connectivity index (χ3n) is 5.85. The molecule has 1 fully saturated rings. The molecule has 2 aliphatic rings. The molecule has 0 atom stereocenters. The highest BCUT2D eigenvalue weighted by molar-refractivity contribution is 6.10. The fraction of sp³-hybridized carbons (Fsp3) is 0.375. The zero-order chi connectivity index (χ0) is 20.1. The first-order valence-electron chi connectivity index (χ1n) is 10.4. The number of aromatic nitrogens is 1. The minimum Gasteiger partial charge on any atom is -0.341 e. The molecule has 0 N–H and O–H groups in total. The summed E-state index contributed by atoms with van der Waals surface area (Å²) in [6.45, 7) is 4.18. The molecule has 2 aromatic rings. The van der Waals surface area contributed by atoms with Crippen LogP contribution in [0.3, 0.4) is 0 Å². The van der Waals surface area contributed by atoms with Gasteiger partial charge >= 0.3 is 0 Å². The van der Waals surface area contributed by atoms with E-state index in [9.17, 15) is 9.59 Å². The molecule has 0 saturated carbocycles. The molecule has 150 valence electrons. The number of Topliss-reactive ketones (excluding diaryl/α,β-unsaturated/α-hetero) is 1. The number of hydrogen-bond acceptors (Lipinski definition) is 4. The maximum atomic E-state index is 13.0. The average molecular weight is 389 g/mol. The molecule has 1 saturated heterocycles. The molecule has 1 aliphatic carbocycles. The second-order valence-electron chi connectivity index (χ2n) is 7.79. The Bertz CT molecular complexity index is 893. The molecule has 1 amide bonds. The smallest absolute Gasteiger partial charge is 0.227 e. The standard InChI is InChI=1S/C24H27N3O2/c28-23-8-7-21(20-5-2-1-3-6-20)22(23)17-24(29)27-14-4-13-26(15-16-27)18-19-9-11-25-12-10-19/h1-3,5-6,9-12H,4,7-8,13-18H2. The van der Waals surface area contributed by atoms with Crippen LogP contribution in [0, 0.1) is 0 Å². The van der Waals surface area contributed by atoms with E-state index in [0.29, 0.717) is 13.0 Å². The second-order valence-corrected chi connectivity index (χ2v) is 7.79. The summed E-state index contributed by atoms with van der Waals surface area (Å²) >= 11 is 0. The average Bonchev–Trinajstić information content (AvgIpc) is 2.96. The number of pyridine rings is 1. The summed E-state index contributed by atoms with van der Waals surface area (Å²) in [5.41, 5.74) is 4.09. The van der Waals surface area contributed by atoms with Crippen molar-refractivity contribution in [2.24, 2.45) is 0 Å². The van der Waals surface area contributed by atoms with Gasteiger partial charge in [-0.25, -0.2) is 0 Å². The summed E-state index contributed by atoms with van der Waals surface area (Å²) in [7, 11) is 0. The molecule has 0 bridgehead atoms. The Labute approximate surface area is 172 Å². The Hall–Kier alpha value is -2.79. The Morgan fingerprint density at radius 1 is 0.931 bits per heavy atom. The van der Waals surface area contributed by atoms with Crippen LogP contribution >= 0.6 is 0 Å².